The van der Waals surface area contributed by atoms with Gasteiger partial charge in [0.2, 0.25) is 0 Å². The van der Waals surface area contributed by atoms with Gasteiger partial charge in [-0.15, -0.1) is 0 Å². The van der Waals surface area contributed by atoms with E-state index in [9.17, 15) is 9.18 Å². The summed E-state index contributed by atoms with van der Waals surface area (Å²) < 4.78 is 18.8. The predicted octanol–water partition coefficient (Wildman–Crippen LogP) is 4.89. The van der Waals surface area contributed by atoms with Crippen LogP contribution >= 0.6 is 0 Å². The molecule has 0 unspecified atom stereocenters. The van der Waals surface area contributed by atoms with Crippen molar-refractivity contribution in [3.63, 3.8) is 0 Å². The molecule has 1 aromatic heterocycles. The molecule has 1 heterocycles. The first-order valence-corrected chi connectivity index (χ1v) is 6.78. The van der Waals surface area contributed by atoms with Gasteiger partial charge in [0.25, 0.3) is 0 Å². The lowest BCUT2D eigenvalue weighted by Crippen LogP contribution is -2.07. The van der Waals surface area contributed by atoms with Gasteiger partial charge in [-0.3, -0.25) is 4.79 Å². The number of ketones is 1. The lowest BCUT2D eigenvalue weighted by molar-refractivity contribution is 0.0932. The second-order valence-corrected chi connectivity index (χ2v) is 5.01. The summed E-state index contributed by atoms with van der Waals surface area (Å²) in [6, 6.07) is 4.34. The lowest BCUT2D eigenvalue weighted by atomic mass is 9.95. The van der Waals surface area contributed by atoms with E-state index in [1.165, 1.54) is 12.1 Å². The molecule has 0 aliphatic heterocycles. The minimum Gasteiger partial charge on any atom is -0.453 e. The third-order valence-electron chi connectivity index (χ3n) is 3.78. The van der Waals surface area contributed by atoms with E-state index in [-0.39, 0.29) is 11.6 Å². The summed E-state index contributed by atoms with van der Waals surface area (Å²) in [6.45, 7) is 5.98. The smallest absolute Gasteiger partial charge is 0.198 e. The van der Waals surface area contributed by atoms with Crippen LogP contribution in [-0.2, 0) is 0 Å². The molecule has 19 heavy (non-hydrogen) atoms. The summed E-state index contributed by atoms with van der Waals surface area (Å²) >= 11 is 0. The van der Waals surface area contributed by atoms with Crippen LogP contribution in [0, 0.1) is 18.7 Å². The van der Waals surface area contributed by atoms with Crippen molar-refractivity contribution in [1.82, 2.24) is 0 Å². The zero-order valence-electron chi connectivity index (χ0n) is 11.6. The fraction of sp³-hybridized carbons (Fsp3) is 0.438. The Morgan fingerprint density at radius 2 is 2.00 bits per heavy atom. The molecule has 3 heteroatoms. The molecule has 0 N–H and O–H groups in total. The van der Waals surface area contributed by atoms with Crippen LogP contribution in [-0.4, -0.2) is 5.78 Å². The van der Waals surface area contributed by atoms with E-state index < -0.39 is 0 Å². The van der Waals surface area contributed by atoms with E-state index in [1.807, 2.05) is 6.92 Å². The molecule has 0 fully saturated rings. The van der Waals surface area contributed by atoms with Gasteiger partial charge in [-0.25, -0.2) is 4.39 Å². The van der Waals surface area contributed by atoms with Gasteiger partial charge < -0.3 is 4.42 Å². The van der Waals surface area contributed by atoms with Crippen molar-refractivity contribution in [2.24, 2.45) is 5.92 Å². The molecule has 2 rings (SSSR count). The Labute approximate surface area is 112 Å². The maximum atomic E-state index is 13.2. The first-order valence-electron chi connectivity index (χ1n) is 6.78. The van der Waals surface area contributed by atoms with Crippen molar-refractivity contribution < 1.29 is 13.6 Å². The first-order chi connectivity index (χ1) is 9.06. The second-order valence-electron chi connectivity index (χ2n) is 5.01. The van der Waals surface area contributed by atoms with Crippen LogP contribution in [0.25, 0.3) is 11.0 Å². The fourth-order valence-corrected chi connectivity index (χ4v) is 2.39. The van der Waals surface area contributed by atoms with Crippen molar-refractivity contribution >= 4 is 16.8 Å². The molecule has 0 saturated heterocycles. The molecule has 2 aromatic rings. The number of rotatable bonds is 5. The minimum atomic E-state index is -0.310. The lowest BCUT2D eigenvalue weighted by Gasteiger charge is -2.09. The maximum Gasteiger partial charge on any atom is 0.198 e. The van der Waals surface area contributed by atoms with Gasteiger partial charge in [-0.2, -0.15) is 0 Å². The summed E-state index contributed by atoms with van der Waals surface area (Å²) in [5.74, 6) is 0.475. The maximum absolute atomic E-state index is 13.2. The Bertz CT molecular complexity index is 594. The standard InChI is InChI=1S/C16H19FO2/c1-4-11(5-2)8-14(18)16-10(3)13-9-12(17)6-7-15(13)19-16/h6-7,9,11H,4-5,8H2,1-3H3. The summed E-state index contributed by atoms with van der Waals surface area (Å²) in [7, 11) is 0. The normalized spacial score (nSPS) is 11.4. The fourth-order valence-electron chi connectivity index (χ4n) is 2.39. The summed E-state index contributed by atoms with van der Waals surface area (Å²) in [5.41, 5.74) is 1.32. The number of aryl methyl sites for hydroxylation is 1. The largest absolute Gasteiger partial charge is 0.453 e. The summed E-state index contributed by atoms with van der Waals surface area (Å²) in [5, 5.41) is 0.688. The molecule has 2 nitrogen and oxygen atoms in total. The SMILES string of the molecule is CCC(CC)CC(=O)c1oc2ccc(F)cc2c1C. The zero-order valence-corrected chi connectivity index (χ0v) is 11.6. The molecule has 0 amide bonds. The topological polar surface area (TPSA) is 30.2 Å². The van der Waals surface area contributed by atoms with Crippen molar-refractivity contribution in [1.29, 1.82) is 0 Å². The van der Waals surface area contributed by atoms with Crippen molar-refractivity contribution in [3.8, 4) is 0 Å². The molecule has 0 bridgehead atoms. The van der Waals surface area contributed by atoms with Gasteiger partial charge in [-0.05, 0) is 31.0 Å². The van der Waals surface area contributed by atoms with Crippen LogP contribution in [0.15, 0.2) is 22.6 Å². The molecule has 0 spiro atoms. The summed E-state index contributed by atoms with van der Waals surface area (Å²) in [6.07, 6.45) is 2.46. The third kappa shape index (κ3) is 2.70. The van der Waals surface area contributed by atoms with E-state index in [2.05, 4.69) is 13.8 Å². The van der Waals surface area contributed by atoms with Gasteiger partial charge in [-0.1, -0.05) is 26.7 Å². The second kappa shape index (κ2) is 5.55. The quantitative estimate of drug-likeness (QED) is 0.718. The van der Waals surface area contributed by atoms with Crippen LogP contribution in [0.3, 0.4) is 0 Å². The van der Waals surface area contributed by atoms with E-state index in [0.29, 0.717) is 29.1 Å². The van der Waals surface area contributed by atoms with Crippen LogP contribution in [0.1, 0.15) is 49.2 Å². The number of benzene rings is 1. The van der Waals surface area contributed by atoms with Crippen LogP contribution in [0.4, 0.5) is 4.39 Å². The Kier molecular flexibility index (Phi) is 4.03. The number of carbonyl (C=O) groups is 1. The minimum absolute atomic E-state index is 0.0165. The highest BCUT2D eigenvalue weighted by atomic mass is 19.1. The summed E-state index contributed by atoms with van der Waals surface area (Å²) in [4.78, 5) is 12.3. The Morgan fingerprint density at radius 3 is 2.63 bits per heavy atom. The van der Waals surface area contributed by atoms with Crippen molar-refractivity contribution in [3.05, 3.63) is 35.3 Å². The molecule has 0 aliphatic carbocycles. The Morgan fingerprint density at radius 1 is 1.32 bits per heavy atom. The first kappa shape index (κ1) is 13.8. The number of carbonyl (C=O) groups excluding carboxylic acids is 1. The van der Waals surface area contributed by atoms with Gasteiger partial charge in [0.05, 0.1) is 0 Å². The monoisotopic (exact) mass is 262 g/mol. The van der Waals surface area contributed by atoms with E-state index in [4.69, 9.17) is 4.42 Å². The van der Waals surface area contributed by atoms with Crippen molar-refractivity contribution in [2.45, 2.75) is 40.0 Å². The van der Waals surface area contributed by atoms with E-state index in [1.54, 1.807) is 6.07 Å². The highest BCUT2D eigenvalue weighted by Gasteiger charge is 2.20. The third-order valence-corrected chi connectivity index (χ3v) is 3.78. The molecule has 1 aromatic carbocycles. The Balaban J connectivity index is 2.35. The number of fused-ring (bicyclic) bond motifs is 1. The average molecular weight is 262 g/mol. The molecule has 102 valence electrons. The number of furan rings is 1. The average Bonchev–Trinajstić information content (AvgIpc) is 2.73. The Hall–Kier alpha value is -1.64. The number of halogens is 1. The number of Topliss-reactive ketones (excluding diaryl/α,β-unsaturated/α-hetero) is 1. The van der Waals surface area contributed by atoms with Crippen molar-refractivity contribution in [2.75, 3.05) is 0 Å². The van der Waals surface area contributed by atoms with Gasteiger partial charge in [0, 0.05) is 17.4 Å². The van der Waals surface area contributed by atoms with Crippen LogP contribution < -0.4 is 0 Å². The van der Waals surface area contributed by atoms with E-state index >= 15 is 0 Å². The molecule has 0 saturated carbocycles. The highest BCUT2D eigenvalue weighted by Crippen LogP contribution is 2.28. The predicted molar refractivity (Wildman–Crippen MR) is 73.9 cm³/mol. The van der Waals surface area contributed by atoms with Crippen LogP contribution in [0.5, 0.6) is 0 Å². The van der Waals surface area contributed by atoms with Gasteiger partial charge in [0.1, 0.15) is 11.4 Å². The molecular formula is C16H19FO2. The molecular weight excluding hydrogens is 243 g/mol. The molecule has 0 radical (unpaired) electrons. The van der Waals surface area contributed by atoms with Crippen LogP contribution in [0.2, 0.25) is 0 Å². The van der Waals surface area contributed by atoms with E-state index in [0.717, 1.165) is 18.4 Å². The number of hydrogen-bond donors (Lipinski definition) is 0. The number of hydrogen-bond acceptors (Lipinski definition) is 2. The highest BCUT2D eigenvalue weighted by molar-refractivity contribution is 6.00. The van der Waals surface area contributed by atoms with Gasteiger partial charge in [0.15, 0.2) is 11.5 Å². The zero-order chi connectivity index (χ0) is 14.0. The molecule has 0 atom stereocenters. The van der Waals surface area contributed by atoms with Gasteiger partial charge >= 0.3 is 0 Å². The molecule has 0 aliphatic rings.